The van der Waals surface area contributed by atoms with Crippen molar-refractivity contribution in [2.45, 2.75) is 43.8 Å². The Kier molecular flexibility index (Phi) is 8.41. The van der Waals surface area contributed by atoms with Gasteiger partial charge in [-0.2, -0.15) is 0 Å². The van der Waals surface area contributed by atoms with Crippen LogP contribution >= 0.6 is 0 Å². The van der Waals surface area contributed by atoms with Crippen LogP contribution in [0.2, 0.25) is 0 Å². The van der Waals surface area contributed by atoms with Gasteiger partial charge in [0.15, 0.2) is 17.5 Å². The van der Waals surface area contributed by atoms with Crippen LogP contribution in [0.1, 0.15) is 37.3 Å². The van der Waals surface area contributed by atoms with Crippen molar-refractivity contribution in [2.75, 3.05) is 69.3 Å². The minimum Gasteiger partial charge on any atom is -0.494 e. The second kappa shape index (κ2) is 12.4. The van der Waals surface area contributed by atoms with Crippen LogP contribution in [-0.4, -0.2) is 85.8 Å². The first-order chi connectivity index (χ1) is 20.4. The van der Waals surface area contributed by atoms with Crippen molar-refractivity contribution in [3.05, 3.63) is 66.0 Å². The topological polar surface area (TPSA) is 69.2 Å². The highest BCUT2D eigenvalue weighted by Crippen LogP contribution is 2.37. The van der Waals surface area contributed by atoms with Gasteiger partial charge in [0, 0.05) is 68.1 Å². The predicted octanol–water partition coefficient (Wildman–Crippen LogP) is 4.99. The Labute approximate surface area is 246 Å². The summed E-state index contributed by atoms with van der Waals surface area (Å²) < 4.78 is 34.2. The standard InChI is InChI=1S/C31H39F2N7O2/c1-37(2)23-11-15-39(19-23)21-9-13-38(14-10-21)22-7-8-26(28(17-22)41-3)36-29-18-30(35-20-34-29)40-27(12-16-42-40)24-5-4-6-25(32)31(24)33/h4-8,17-18,20-21,23,27H,9-16,19H2,1-3H3,(H,34,35,36)/t23-,27-/m1/s1. The van der Waals surface area contributed by atoms with E-state index < -0.39 is 17.7 Å². The summed E-state index contributed by atoms with van der Waals surface area (Å²) in [5.41, 5.74) is 2.14. The van der Waals surface area contributed by atoms with E-state index in [1.807, 2.05) is 6.07 Å². The number of hydrogen-bond donors (Lipinski definition) is 1. The average Bonchev–Trinajstić information content (AvgIpc) is 3.70. The molecule has 3 fully saturated rings. The van der Waals surface area contributed by atoms with Gasteiger partial charge in [0.1, 0.15) is 17.9 Å². The third kappa shape index (κ3) is 5.86. The Morgan fingerprint density at radius 1 is 1.00 bits per heavy atom. The van der Waals surface area contributed by atoms with E-state index in [9.17, 15) is 8.78 Å². The van der Waals surface area contributed by atoms with Crippen molar-refractivity contribution in [1.29, 1.82) is 0 Å². The molecule has 3 aliphatic heterocycles. The predicted molar refractivity (Wildman–Crippen MR) is 159 cm³/mol. The molecule has 4 heterocycles. The zero-order valence-electron chi connectivity index (χ0n) is 24.5. The van der Waals surface area contributed by atoms with Crippen LogP contribution in [0, 0.1) is 11.6 Å². The lowest BCUT2D eigenvalue weighted by molar-refractivity contribution is 0.156. The third-order valence-corrected chi connectivity index (χ3v) is 8.84. The maximum atomic E-state index is 14.6. The highest BCUT2D eigenvalue weighted by atomic mass is 19.2. The van der Waals surface area contributed by atoms with E-state index in [0.29, 0.717) is 42.5 Å². The molecule has 6 rings (SSSR count). The van der Waals surface area contributed by atoms with Gasteiger partial charge < -0.3 is 19.9 Å². The summed E-state index contributed by atoms with van der Waals surface area (Å²) in [4.78, 5) is 22.0. The molecular weight excluding hydrogens is 540 g/mol. The minimum absolute atomic E-state index is 0.236. The summed E-state index contributed by atoms with van der Waals surface area (Å²) in [7, 11) is 6.02. The lowest BCUT2D eigenvalue weighted by Gasteiger charge is -2.38. The monoisotopic (exact) mass is 579 g/mol. The Hall–Kier alpha value is -3.54. The fourth-order valence-corrected chi connectivity index (χ4v) is 6.42. The van der Waals surface area contributed by atoms with Crippen molar-refractivity contribution in [1.82, 2.24) is 19.8 Å². The Morgan fingerprint density at radius 3 is 2.60 bits per heavy atom. The fraction of sp³-hybridized carbons (Fsp3) is 0.484. The Morgan fingerprint density at radius 2 is 1.83 bits per heavy atom. The smallest absolute Gasteiger partial charge is 0.164 e. The molecule has 0 saturated carbocycles. The molecule has 3 aromatic rings. The molecule has 0 spiro atoms. The fourth-order valence-electron chi connectivity index (χ4n) is 6.42. The van der Waals surface area contributed by atoms with E-state index in [0.717, 1.165) is 43.4 Å². The average molecular weight is 580 g/mol. The van der Waals surface area contributed by atoms with Crippen molar-refractivity contribution in [2.24, 2.45) is 0 Å². The second-order valence-electron chi connectivity index (χ2n) is 11.5. The van der Waals surface area contributed by atoms with Gasteiger partial charge in [0.05, 0.1) is 25.4 Å². The van der Waals surface area contributed by atoms with Crippen molar-refractivity contribution in [3.63, 3.8) is 0 Å². The summed E-state index contributed by atoms with van der Waals surface area (Å²) in [6.45, 7) is 4.76. The molecule has 3 aliphatic rings. The van der Waals surface area contributed by atoms with Gasteiger partial charge in [-0.3, -0.25) is 9.74 Å². The summed E-state index contributed by atoms with van der Waals surface area (Å²) >= 11 is 0. The lowest BCUT2D eigenvalue weighted by Crippen LogP contribution is -2.45. The Balaban J connectivity index is 1.12. The number of rotatable bonds is 8. The zero-order chi connectivity index (χ0) is 29.2. The molecule has 1 N–H and O–H groups in total. The van der Waals surface area contributed by atoms with Crippen LogP contribution in [0.5, 0.6) is 5.75 Å². The van der Waals surface area contributed by atoms with Gasteiger partial charge >= 0.3 is 0 Å². The van der Waals surface area contributed by atoms with E-state index >= 15 is 0 Å². The molecule has 0 unspecified atom stereocenters. The van der Waals surface area contributed by atoms with Gasteiger partial charge in [-0.1, -0.05) is 12.1 Å². The van der Waals surface area contributed by atoms with Gasteiger partial charge in [-0.15, -0.1) is 0 Å². The number of nitrogens with one attached hydrogen (secondary N) is 1. The number of aromatic nitrogens is 2. The van der Waals surface area contributed by atoms with E-state index in [1.165, 1.54) is 37.0 Å². The van der Waals surface area contributed by atoms with Crippen LogP contribution in [0.3, 0.4) is 0 Å². The van der Waals surface area contributed by atoms with Crippen LogP contribution < -0.4 is 20.0 Å². The number of hydrogen-bond acceptors (Lipinski definition) is 9. The molecule has 11 heteroatoms. The van der Waals surface area contributed by atoms with E-state index in [2.05, 4.69) is 56.2 Å². The number of piperidine rings is 1. The molecule has 1 aromatic heterocycles. The summed E-state index contributed by atoms with van der Waals surface area (Å²) in [6.07, 6.45) is 5.50. The number of benzene rings is 2. The molecule has 0 amide bonds. The van der Waals surface area contributed by atoms with E-state index in [-0.39, 0.29) is 5.56 Å². The molecule has 0 aliphatic carbocycles. The van der Waals surface area contributed by atoms with Gasteiger partial charge in [0.2, 0.25) is 0 Å². The maximum Gasteiger partial charge on any atom is 0.164 e. The van der Waals surface area contributed by atoms with E-state index in [4.69, 9.17) is 9.57 Å². The SMILES string of the molecule is COc1cc(N2CCC(N3CC[C@@H](N(C)C)C3)CC2)ccc1Nc1cc(N2OCC[C@@H]2c2cccc(F)c2F)ncn1. The summed E-state index contributed by atoms with van der Waals surface area (Å²) in [5, 5.41) is 4.85. The van der Waals surface area contributed by atoms with Crippen LogP contribution in [0.25, 0.3) is 0 Å². The van der Waals surface area contributed by atoms with Crippen LogP contribution in [0.4, 0.5) is 31.8 Å². The molecule has 2 atom stereocenters. The number of methoxy groups -OCH3 is 1. The highest BCUT2D eigenvalue weighted by molar-refractivity contribution is 5.70. The molecule has 0 radical (unpaired) electrons. The third-order valence-electron chi connectivity index (χ3n) is 8.84. The number of hydroxylamine groups is 1. The summed E-state index contributed by atoms with van der Waals surface area (Å²) in [6, 6.07) is 12.9. The molecule has 2 aromatic carbocycles. The zero-order valence-corrected chi connectivity index (χ0v) is 24.5. The first kappa shape index (κ1) is 28.6. The van der Waals surface area contributed by atoms with Gasteiger partial charge in [-0.25, -0.2) is 23.8 Å². The first-order valence-electron chi connectivity index (χ1n) is 14.7. The lowest BCUT2D eigenvalue weighted by atomic mass is 10.0. The largest absolute Gasteiger partial charge is 0.494 e. The number of likely N-dealkylation sites (N-methyl/N-ethyl adjacent to an activating group) is 1. The number of halogens is 2. The molecule has 0 bridgehead atoms. The number of ether oxygens (including phenoxy) is 1. The van der Waals surface area contributed by atoms with Gasteiger partial charge in [-0.05, 0) is 51.6 Å². The molecule has 9 nitrogen and oxygen atoms in total. The molecular formula is C31H39F2N7O2. The minimum atomic E-state index is -0.881. The Bertz CT molecular complexity index is 1390. The normalized spacial score (nSPS) is 21.9. The quantitative estimate of drug-likeness (QED) is 0.397. The van der Waals surface area contributed by atoms with Crippen molar-refractivity contribution < 1.29 is 18.4 Å². The number of likely N-dealkylation sites (tertiary alicyclic amines) is 1. The van der Waals surface area contributed by atoms with Crippen LogP contribution in [-0.2, 0) is 4.84 Å². The second-order valence-corrected chi connectivity index (χ2v) is 11.5. The number of anilines is 4. The maximum absolute atomic E-state index is 14.6. The van der Waals surface area contributed by atoms with Gasteiger partial charge in [0.25, 0.3) is 0 Å². The van der Waals surface area contributed by atoms with Crippen molar-refractivity contribution >= 4 is 23.0 Å². The van der Waals surface area contributed by atoms with Crippen molar-refractivity contribution in [3.8, 4) is 5.75 Å². The number of nitrogens with zero attached hydrogens (tertiary/aromatic N) is 6. The highest BCUT2D eigenvalue weighted by Gasteiger charge is 2.33. The molecule has 3 saturated heterocycles. The van der Waals surface area contributed by atoms with Crippen LogP contribution in [0.15, 0.2) is 48.8 Å². The molecule has 224 valence electrons. The molecule has 42 heavy (non-hydrogen) atoms. The first-order valence-corrected chi connectivity index (χ1v) is 14.7. The van der Waals surface area contributed by atoms with E-state index in [1.54, 1.807) is 19.2 Å². The summed E-state index contributed by atoms with van der Waals surface area (Å²) in [5.74, 6) is -0.0581.